The molecule has 0 saturated carbocycles. The van der Waals surface area contributed by atoms with Crippen LogP contribution in [0.5, 0.6) is 0 Å². The van der Waals surface area contributed by atoms with Gasteiger partial charge in [0.2, 0.25) is 0 Å². The third kappa shape index (κ3) is 2.75. The van der Waals surface area contributed by atoms with E-state index in [1.165, 1.54) is 0 Å². The number of nitriles is 1. The summed E-state index contributed by atoms with van der Waals surface area (Å²) in [6.07, 6.45) is 1.12. The minimum atomic E-state index is -0.554. The van der Waals surface area contributed by atoms with E-state index < -0.39 is 11.7 Å². The molecule has 1 aromatic carbocycles. The van der Waals surface area contributed by atoms with Crippen molar-refractivity contribution in [2.45, 2.75) is 33.3 Å². The van der Waals surface area contributed by atoms with Crippen molar-refractivity contribution in [2.75, 3.05) is 5.32 Å². The Morgan fingerprint density at radius 3 is 2.70 bits per heavy atom. The Hall–Kier alpha value is -2.48. The zero-order chi connectivity index (χ0) is 14.9. The van der Waals surface area contributed by atoms with Crippen LogP contribution in [-0.4, -0.2) is 16.7 Å². The smallest absolute Gasteiger partial charge is 0.412 e. The molecule has 0 aliphatic rings. The number of aromatic nitrogens is 1. The molecule has 0 bridgehead atoms. The molecule has 0 atom stereocenters. The number of benzene rings is 1. The van der Waals surface area contributed by atoms with Gasteiger partial charge >= 0.3 is 6.09 Å². The Kier molecular flexibility index (Phi) is 3.41. The highest BCUT2D eigenvalue weighted by molar-refractivity contribution is 6.01. The Morgan fingerprint density at radius 1 is 1.40 bits per heavy atom. The second-order valence-electron chi connectivity index (χ2n) is 5.62. The minimum absolute atomic E-state index is 0.518. The third-order valence-electron chi connectivity index (χ3n) is 2.80. The van der Waals surface area contributed by atoms with Gasteiger partial charge in [-0.05, 0) is 39.3 Å². The van der Waals surface area contributed by atoms with Gasteiger partial charge in [0.1, 0.15) is 11.7 Å². The largest absolute Gasteiger partial charge is 0.444 e. The average Bonchev–Trinajstić information content (AvgIpc) is 2.75. The lowest BCUT2D eigenvalue weighted by Crippen LogP contribution is -2.27. The fraction of sp³-hybridized carbons (Fsp3) is 0.333. The van der Waals surface area contributed by atoms with E-state index in [4.69, 9.17) is 10.00 Å². The molecule has 5 heteroatoms. The first-order valence-corrected chi connectivity index (χ1v) is 6.32. The number of anilines is 1. The normalized spacial score (nSPS) is 11.2. The van der Waals surface area contributed by atoms with Gasteiger partial charge in [0, 0.05) is 11.6 Å². The molecule has 2 N–H and O–H groups in total. The van der Waals surface area contributed by atoms with Crippen LogP contribution in [0.3, 0.4) is 0 Å². The van der Waals surface area contributed by atoms with Gasteiger partial charge in [-0.2, -0.15) is 5.26 Å². The molecule has 20 heavy (non-hydrogen) atoms. The molecule has 0 radical (unpaired) electrons. The molecular formula is C15H17N3O2. The highest BCUT2D eigenvalue weighted by Gasteiger charge is 2.18. The second kappa shape index (κ2) is 4.89. The monoisotopic (exact) mass is 271 g/mol. The number of hydrogen-bond acceptors (Lipinski definition) is 3. The molecule has 0 saturated heterocycles. The first-order chi connectivity index (χ1) is 9.31. The zero-order valence-corrected chi connectivity index (χ0v) is 12.0. The predicted octanol–water partition coefficient (Wildman–Crippen LogP) is 3.70. The minimum Gasteiger partial charge on any atom is -0.444 e. The summed E-state index contributed by atoms with van der Waals surface area (Å²) in [5, 5.41) is 12.6. The van der Waals surface area contributed by atoms with E-state index in [9.17, 15) is 4.79 Å². The fourth-order valence-electron chi connectivity index (χ4n) is 2.03. The number of nitrogens with zero attached hydrogens (tertiary/aromatic N) is 1. The van der Waals surface area contributed by atoms with E-state index in [1.54, 1.807) is 33.0 Å². The average molecular weight is 271 g/mol. The zero-order valence-electron chi connectivity index (χ0n) is 12.0. The van der Waals surface area contributed by atoms with Gasteiger partial charge in [-0.15, -0.1) is 0 Å². The van der Waals surface area contributed by atoms with Crippen molar-refractivity contribution in [1.82, 2.24) is 4.98 Å². The molecule has 1 amide bonds. The standard InChI is InChI=1S/C15H17N3O2/c1-9-5-6-11(18-14(19)20-15(2,3)4)13-12(9)10(7-16)8-17-13/h5-6,8,17H,1-4H3,(H,18,19). The number of nitrogens with one attached hydrogen (secondary N) is 2. The lowest BCUT2D eigenvalue weighted by Gasteiger charge is -2.20. The molecular weight excluding hydrogens is 254 g/mol. The van der Waals surface area contributed by atoms with Crippen LogP contribution in [0, 0.1) is 18.3 Å². The van der Waals surface area contributed by atoms with Gasteiger partial charge in [0.05, 0.1) is 16.8 Å². The van der Waals surface area contributed by atoms with Crippen LogP contribution in [0.4, 0.5) is 10.5 Å². The number of aromatic amines is 1. The molecule has 0 fully saturated rings. The van der Waals surface area contributed by atoms with E-state index in [-0.39, 0.29) is 0 Å². The van der Waals surface area contributed by atoms with Crippen LogP contribution in [0.2, 0.25) is 0 Å². The molecule has 0 aliphatic heterocycles. The summed E-state index contributed by atoms with van der Waals surface area (Å²) in [7, 11) is 0. The second-order valence-corrected chi connectivity index (χ2v) is 5.62. The van der Waals surface area contributed by atoms with Crippen LogP contribution >= 0.6 is 0 Å². The topological polar surface area (TPSA) is 77.9 Å². The molecule has 1 aromatic heterocycles. The Bertz CT molecular complexity index is 702. The van der Waals surface area contributed by atoms with E-state index >= 15 is 0 Å². The van der Waals surface area contributed by atoms with E-state index in [0.29, 0.717) is 11.3 Å². The molecule has 2 rings (SSSR count). The first kappa shape index (κ1) is 13.9. The summed E-state index contributed by atoms with van der Waals surface area (Å²) in [5.74, 6) is 0. The number of carbonyl (C=O) groups is 1. The number of fused-ring (bicyclic) bond motifs is 1. The van der Waals surface area contributed by atoms with Crippen LogP contribution in [-0.2, 0) is 4.74 Å². The summed E-state index contributed by atoms with van der Waals surface area (Å²) in [6, 6.07) is 5.79. The third-order valence-corrected chi connectivity index (χ3v) is 2.80. The number of aryl methyl sites for hydroxylation is 1. The molecule has 0 unspecified atom stereocenters. The highest BCUT2D eigenvalue weighted by atomic mass is 16.6. The number of H-pyrrole nitrogens is 1. The number of hydrogen-bond donors (Lipinski definition) is 2. The Labute approximate surface area is 117 Å². The van der Waals surface area contributed by atoms with Gasteiger partial charge in [-0.3, -0.25) is 5.32 Å². The van der Waals surface area contributed by atoms with Gasteiger partial charge in [-0.25, -0.2) is 4.79 Å². The van der Waals surface area contributed by atoms with Gasteiger partial charge < -0.3 is 9.72 Å². The van der Waals surface area contributed by atoms with E-state index in [2.05, 4.69) is 16.4 Å². The maximum Gasteiger partial charge on any atom is 0.412 e. The van der Waals surface area contributed by atoms with Crippen LogP contribution in [0.1, 0.15) is 31.9 Å². The van der Waals surface area contributed by atoms with Gasteiger partial charge in [0.25, 0.3) is 0 Å². The maximum absolute atomic E-state index is 11.8. The number of rotatable bonds is 1. The fourth-order valence-corrected chi connectivity index (χ4v) is 2.03. The lowest BCUT2D eigenvalue weighted by molar-refractivity contribution is 0.0636. The Balaban J connectivity index is 2.37. The SMILES string of the molecule is Cc1ccc(NC(=O)OC(C)(C)C)c2[nH]cc(C#N)c12. The summed E-state index contributed by atoms with van der Waals surface area (Å²) < 4.78 is 5.22. The van der Waals surface area contributed by atoms with Gasteiger partial charge in [0.15, 0.2) is 0 Å². The lowest BCUT2D eigenvalue weighted by atomic mass is 10.1. The summed E-state index contributed by atoms with van der Waals surface area (Å²) >= 11 is 0. The molecule has 0 spiro atoms. The molecule has 5 nitrogen and oxygen atoms in total. The van der Waals surface area contributed by atoms with Crippen LogP contribution in [0.25, 0.3) is 10.9 Å². The molecule has 1 heterocycles. The van der Waals surface area contributed by atoms with Crippen LogP contribution in [0.15, 0.2) is 18.3 Å². The van der Waals surface area contributed by atoms with Crippen molar-refractivity contribution in [3.05, 3.63) is 29.5 Å². The van der Waals surface area contributed by atoms with E-state index in [0.717, 1.165) is 16.5 Å². The van der Waals surface area contributed by atoms with E-state index in [1.807, 2.05) is 13.0 Å². The number of carbonyl (C=O) groups excluding carboxylic acids is 1. The maximum atomic E-state index is 11.8. The highest BCUT2D eigenvalue weighted by Crippen LogP contribution is 2.28. The predicted molar refractivity (Wildman–Crippen MR) is 77.6 cm³/mol. The summed E-state index contributed by atoms with van der Waals surface area (Å²) in [4.78, 5) is 14.8. The molecule has 0 aliphatic carbocycles. The van der Waals surface area contributed by atoms with Crippen molar-refractivity contribution in [1.29, 1.82) is 5.26 Å². The van der Waals surface area contributed by atoms with Crippen molar-refractivity contribution in [3.63, 3.8) is 0 Å². The van der Waals surface area contributed by atoms with Crippen molar-refractivity contribution in [3.8, 4) is 6.07 Å². The quantitative estimate of drug-likeness (QED) is 0.830. The van der Waals surface area contributed by atoms with Crippen LogP contribution < -0.4 is 5.32 Å². The number of amides is 1. The van der Waals surface area contributed by atoms with Crippen molar-refractivity contribution >= 4 is 22.7 Å². The summed E-state index contributed by atoms with van der Waals surface area (Å²) in [5.41, 5.74) is 2.31. The number of ether oxygens (including phenoxy) is 1. The van der Waals surface area contributed by atoms with Crippen molar-refractivity contribution in [2.24, 2.45) is 0 Å². The van der Waals surface area contributed by atoms with Crippen molar-refractivity contribution < 1.29 is 9.53 Å². The Morgan fingerprint density at radius 2 is 2.10 bits per heavy atom. The molecule has 104 valence electrons. The van der Waals surface area contributed by atoms with Gasteiger partial charge in [-0.1, -0.05) is 6.07 Å². The first-order valence-electron chi connectivity index (χ1n) is 6.32. The molecule has 2 aromatic rings. The summed E-state index contributed by atoms with van der Waals surface area (Å²) in [6.45, 7) is 7.34.